The maximum atomic E-state index is 13.0. The number of halogens is 1. The Balaban J connectivity index is 2.49. The molecule has 2 aromatic rings. The Morgan fingerprint density at radius 1 is 1.44 bits per heavy atom. The molecule has 0 aliphatic rings. The van der Waals surface area contributed by atoms with E-state index >= 15 is 0 Å². The van der Waals surface area contributed by atoms with Gasteiger partial charge in [0.2, 0.25) is 6.08 Å². The lowest BCUT2D eigenvalue weighted by atomic mass is 10.1. The van der Waals surface area contributed by atoms with Crippen LogP contribution in [0.4, 0.5) is 10.2 Å². The number of nitrogens with zero attached hydrogens (tertiary/aromatic N) is 3. The van der Waals surface area contributed by atoms with Crippen LogP contribution in [0, 0.1) is 5.82 Å². The molecule has 0 unspecified atom stereocenters. The first-order valence-corrected chi connectivity index (χ1v) is 4.58. The van der Waals surface area contributed by atoms with Gasteiger partial charge in [0, 0.05) is 18.7 Å². The summed E-state index contributed by atoms with van der Waals surface area (Å²) in [5, 5.41) is 4.12. The van der Waals surface area contributed by atoms with Crippen molar-refractivity contribution in [3.63, 3.8) is 0 Å². The minimum atomic E-state index is -0.330. The van der Waals surface area contributed by atoms with Crippen molar-refractivity contribution in [2.75, 3.05) is 0 Å². The van der Waals surface area contributed by atoms with E-state index in [-0.39, 0.29) is 5.82 Å². The second kappa shape index (κ2) is 4.08. The zero-order valence-electron chi connectivity index (χ0n) is 8.51. The molecule has 1 heterocycles. The van der Waals surface area contributed by atoms with Gasteiger partial charge < -0.3 is 0 Å². The second-order valence-corrected chi connectivity index (χ2v) is 3.22. The predicted octanol–water partition coefficient (Wildman–Crippen LogP) is 2.19. The molecule has 0 N–H and O–H groups in total. The molecule has 16 heavy (non-hydrogen) atoms. The van der Waals surface area contributed by atoms with Crippen LogP contribution in [0.25, 0.3) is 11.3 Å². The molecule has 0 bridgehead atoms. The lowest BCUT2D eigenvalue weighted by Gasteiger charge is -1.95. The van der Waals surface area contributed by atoms with E-state index in [2.05, 4.69) is 10.1 Å². The van der Waals surface area contributed by atoms with Crippen molar-refractivity contribution in [2.45, 2.75) is 0 Å². The number of aryl methyl sites for hydroxylation is 1. The molecular weight excluding hydrogens is 209 g/mol. The van der Waals surface area contributed by atoms with Gasteiger partial charge in [-0.15, -0.1) is 4.99 Å². The van der Waals surface area contributed by atoms with Crippen LogP contribution in [0.3, 0.4) is 0 Å². The highest BCUT2D eigenvalue weighted by Gasteiger charge is 2.06. The third kappa shape index (κ3) is 1.89. The van der Waals surface area contributed by atoms with Crippen LogP contribution in [0.1, 0.15) is 0 Å². The molecule has 0 amide bonds. The van der Waals surface area contributed by atoms with Gasteiger partial charge in [-0.25, -0.2) is 13.9 Å². The van der Waals surface area contributed by atoms with E-state index in [1.165, 1.54) is 22.9 Å². The number of carbonyl (C=O) groups excluding carboxylic acids is 1. The van der Waals surface area contributed by atoms with Crippen molar-refractivity contribution < 1.29 is 9.18 Å². The summed E-state index contributed by atoms with van der Waals surface area (Å²) < 4.78 is 14.4. The van der Waals surface area contributed by atoms with Gasteiger partial charge in [-0.3, -0.25) is 0 Å². The first kappa shape index (κ1) is 10.3. The van der Waals surface area contributed by atoms with Gasteiger partial charge >= 0.3 is 0 Å². The van der Waals surface area contributed by atoms with E-state index in [1.54, 1.807) is 25.2 Å². The molecule has 1 aromatic carbocycles. The standard InChI is InChI=1S/C11H8FN3O/c1-15-11(13-7-16)6-10(14-15)8-3-2-4-9(12)5-8/h2-6H,1H3. The lowest BCUT2D eigenvalue weighted by molar-refractivity contribution is 0.564. The highest BCUT2D eigenvalue weighted by atomic mass is 19.1. The number of hydrogen-bond donors (Lipinski definition) is 0. The molecular formula is C11H8FN3O. The highest BCUT2D eigenvalue weighted by molar-refractivity contribution is 5.63. The largest absolute Gasteiger partial charge is 0.250 e. The molecule has 0 atom stereocenters. The van der Waals surface area contributed by atoms with Crippen molar-refractivity contribution >= 4 is 11.9 Å². The molecule has 5 heteroatoms. The molecule has 0 saturated carbocycles. The fourth-order valence-corrected chi connectivity index (χ4v) is 1.40. The van der Waals surface area contributed by atoms with Crippen molar-refractivity contribution in [1.82, 2.24) is 9.78 Å². The van der Waals surface area contributed by atoms with Gasteiger partial charge in [0.1, 0.15) is 5.82 Å². The predicted molar refractivity (Wildman–Crippen MR) is 56.4 cm³/mol. The van der Waals surface area contributed by atoms with E-state index in [4.69, 9.17) is 0 Å². The van der Waals surface area contributed by atoms with Crippen molar-refractivity contribution in [3.05, 3.63) is 36.1 Å². The molecule has 2 rings (SSSR count). The van der Waals surface area contributed by atoms with Crippen LogP contribution in [-0.2, 0) is 11.8 Å². The van der Waals surface area contributed by atoms with Gasteiger partial charge in [-0.1, -0.05) is 12.1 Å². The topological polar surface area (TPSA) is 47.2 Å². The summed E-state index contributed by atoms with van der Waals surface area (Å²) >= 11 is 0. The second-order valence-electron chi connectivity index (χ2n) is 3.22. The average molecular weight is 217 g/mol. The zero-order valence-corrected chi connectivity index (χ0v) is 8.51. The summed E-state index contributed by atoms with van der Waals surface area (Å²) in [7, 11) is 1.65. The van der Waals surface area contributed by atoms with E-state index in [9.17, 15) is 9.18 Å². The van der Waals surface area contributed by atoms with Crippen LogP contribution in [0.15, 0.2) is 35.3 Å². The third-order valence-electron chi connectivity index (χ3n) is 2.14. The Kier molecular flexibility index (Phi) is 2.62. The van der Waals surface area contributed by atoms with Gasteiger partial charge in [0.15, 0.2) is 5.82 Å². The Morgan fingerprint density at radius 2 is 2.25 bits per heavy atom. The number of hydrogen-bond acceptors (Lipinski definition) is 3. The summed E-state index contributed by atoms with van der Waals surface area (Å²) in [4.78, 5) is 13.6. The summed E-state index contributed by atoms with van der Waals surface area (Å²) in [6.45, 7) is 0. The molecule has 0 aliphatic heterocycles. The van der Waals surface area contributed by atoms with Crippen LogP contribution in [0.5, 0.6) is 0 Å². The quantitative estimate of drug-likeness (QED) is 0.571. The number of benzene rings is 1. The van der Waals surface area contributed by atoms with E-state index in [1.807, 2.05) is 0 Å². The zero-order chi connectivity index (χ0) is 11.5. The number of aliphatic imine (C=N–C) groups is 1. The molecule has 0 saturated heterocycles. The Bertz CT molecular complexity index is 570. The Labute approximate surface area is 91.0 Å². The molecule has 4 nitrogen and oxygen atoms in total. The van der Waals surface area contributed by atoms with Crippen LogP contribution in [0.2, 0.25) is 0 Å². The molecule has 1 aromatic heterocycles. The first-order valence-electron chi connectivity index (χ1n) is 4.58. The highest BCUT2D eigenvalue weighted by Crippen LogP contribution is 2.22. The molecule has 80 valence electrons. The number of rotatable bonds is 2. The smallest absolute Gasteiger partial charge is 0.242 e. The Hall–Kier alpha value is -2.26. The van der Waals surface area contributed by atoms with Crippen LogP contribution < -0.4 is 0 Å². The minimum absolute atomic E-state index is 0.330. The van der Waals surface area contributed by atoms with Gasteiger partial charge in [0.05, 0.1) is 5.69 Å². The van der Waals surface area contributed by atoms with Gasteiger partial charge in [0.25, 0.3) is 0 Å². The first-order chi connectivity index (χ1) is 7.70. The van der Waals surface area contributed by atoms with Crippen molar-refractivity contribution in [3.8, 4) is 11.3 Å². The van der Waals surface area contributed by atoms with E-state index < -0.39 is 0 Å². The van der Waals surface area contributed by atoms with Gasteiger partial charge in [-0.05, 0) is 12.1 Å². The molecule has 0 radical (unpaired) electrons. The monoisotopic (exact) mass is 217 g/mol. The maximum Gasteiger partial charge on any atom is 0.242 e. The van der Waals surface area contributed by atoms with Crippen molar-refractivity contribution in [1.29, 1.82) is 0 Å². The third-order valence-corrected chi connectivity index (χ3v) is 2.14. The van der Waals surface area contributed by atoms with Crippen LogP contribution >= 0.6 is 0 Å². The maximum absolute atomic E-state index is 13.0. The molecule has 0 spiro atoms. The minimum Gasteiger partial charge on any atom is -0.250 e. The summed E-state index contributed by atoms with van der Waals surface area (Å²) in [6.07, 6.45) is 1.44. The fourth-order valence-electron chi connectivity index (χ4n) is 1.40. The number of aromatic nitrogens is 2. The molecule has 0 aliphatic carbocycles. The SMILES string of the molecule is Cn1nc(-c2cccc(F)c2)cc1N=C=O. The lowest BCUT2D eigenvalue weighted by Crippen LogP contribution is -1.89. The van der Waals surface area contributed by atoms with Crippen molar-refractivity contribution in [2.24, 2.45) is 12.0 Å². The van der Waals surface area contributed by atoms with Gasteiger partial charge in [-0.2, -0.15) is 5.10 Å². The summed E-state index contributed by atoms with van der Waals surface area (Å²) in [6, 6.07) is 7.66. The van der Waals surface area contributed by atoms with E-state index in [0.29, 0.717) is 17.1 Å². The fraction of sp³-hybridized carbons (Fsp3) is 0.0909. The normalized spacial score (nSPS) is 9.88. The van der Waals surface area contributed by atoms with E-state index in [0.717, 1.165) is 0 Å². The number of isocyanates is 1. The average Bonchev–Trinajstić information content (AvgIpc) is 2.61. The Morgan fingerprint density at radius 3 is 2.94 bits per heavy atom. The summed E-state index contributed by atoms with van der Waals surface area (Å²) in [5.41, 5.74) is 1.21. The molecule has 0 fully saturated rings. The van der Waals surface area contributed by atoms with Crippen LogP contribution in [-0.4, -0.2) is 15.9 Å². The summed E-state index contributed by atoms with van der Waals surface area (Å²) in [5.74, 6) is 0.0536.